The largest absolute Gasteiger partial charge is 0.445 e. The molecule has 1 N–H and O–H groups in total. The average molecular weight is 400 g/mol. The van der Waals surface area contributed by atoms with Gasteiger partial charge in [-0.15, -0.1) is 0 Å². The summed E-state index contributed by atoms with van der Waals surface area (Å²) in [5.41, 5.74) is 3.09. The van der Waals surface area contributed by atoms with Gasteiger partial charge in [0, 0.05) is 28.9 Å². The summed E-state index contributed by atoms with van der Waals surface area (Å²) < 4.78 is 33.1. The van der Waals surface area contributed by atoms with Gasteiger partial charge in [-0.2, -0.15) is 0 Å². The number of nitrogens with zero attached hydrogens (tertiary/aromatic N) is 2. The van der Waals surface area contributed by atoms with Gasteiger partial charge in [-0.1, -0.05) is 29.8 Å². The Kier molecular flexibility index (Phi) is 4.33. The van der Waals surface area contributed by atoms with E-state index in [9.17, 15) is 8.42 Å². The van der Waals surface area contributed by atoms with E-state index in [0.717, 1.165) is 16.5 Å². The van der Waals surface area contributed by atoms with E-state index in [1.165, 1.54) is 12.1 Å². The van der Waals surface area contributed by atoms with Crippen molar-refractivity contribution in [2.24, 2.45) is 0 Å². The topological polar surface area (TPSA) is 85.1 Å². The summed E-state index contributed by atoms with van der Waals surface area (Å²) in [6, 6.07) is 11.6. The molecule has 0 amide bonds. The van der Waals surface area contributed by atoms with Gasteiger partial charge in [0.2, 0.25) is 5.71 Å². The Morgan fingerprint density at radius 1 is 1.07 bits per heavy atom. The third-order valence-corrected chi connectivity index (χ3v) is 5.70. The number of halogens is 1. The smallest absolute Gasteiger partial charge is 0.261 e. The maximum atomic E-state index is 12.6. The fourth-order valence-electron chi connectivity index (χ4n) is 2.72. The number of aryl methyl sites for hydroxylation is 1. The first-order chi connectivity index (χ1) is 12.9. The van der Waals surface area contributed by atoms with Gasteiger partial charge in [0.05, 0.1) is 10.6 Å². The highest BCUT2D eigenvalue weighted by Crippen LogP contribution is 2.33. The molecule has 0 saturated heterocycles. The zero-order valence-electron chi connectivity index (χ0n) is 14.2. The van der Waals surface area contributed by atoms with Crippen molar-refractivity contribution < 1.29 is 12.8 Å². The van der Waals surface area contributed by atoms with Crippen molar-refractivity contribution in [3.63, 3.8) is 0 Å². The minimum Gasteiger partial charge on any atom is -0.445 e. The number of sulfonamides is 1. The summed E-state index contributed by atoms with van der Waals surface area (Å²) in [4.78, 5) is 8.50. The molecule has 0 unspecified atom stereocenters. The highest BCUT2D eigenvalue weighted by molar-refractivity contribution is 7.92. The van der Waals surface area contributed by atoms with Gasteiger partial charge in [0.15, 0.2) is 5.15 Å². The minimum absolute atomic E-state index is 0.0559. The van der Waals surface area contributed by atoms with Gasteiger partial charge in [0.1, 0.15) is 6.26 Å². The maximum absolute atomic E-state index is 12.6. The molecular formula is C19H14ClN3O3S. The first kappa shape index (κ1) is 17.5. The van der Waals surface area contributed by atoms with Crippen LogP contribution < -0.4 is 4.72 Å². The second-order valence-electron chi connectivity index (χ2n) is 6.00. The molecule has 0 fully saturated rings. The molecule has 0 aliphatic heterocycles. The molecule has 0 aliphatic rings. The highest BCUT2D eigenvalue weighted by atomic mass is 35.5. The summed E-state index contributed by atoms with van der Waals surface area (Å²) in [5.74, 6) is 0. The molecular weight excluding hydrogens is 386 g/mol. The highest BCUT2D eigenvalue weighted by Gasteiger charge is 2.18. The summed E-state index contributed by atoms with van der Waals surface area (Å²) in [5, 5.41) is 0.872. The van der Waals surface area contributed by atoms with Crippen molar-refractivity contribution in [1.82, 2.24) is 9.97 Å². The second kappa shape index (κ2) is 6.68. The SMILES string of the molecule is Cc1cnc2occ(-c3cnc(Cl)c(NS(=O)(=O)c4ccccc4)c3)c2c1. The Balaban J connectivity index is 1.77. The average Bonchev–Trinajstić information content (AvgIpc) is 3.07. The summed E-state index contributed by atoms with van der Waals surface area (Å²) in [6.07, 6.45) is 4.85. The second-order valence-corrected chi connectivity index (χ2v) is 8.04. The van der Waals surface area contributed by atoms with E-state index >= 15 is 0 Å². The molecule has 27 heavy (non-hydrogen) atoms. The van der Waals surface area contributed by atoms with Gasteiger partial charge in [0.25, 0.3) is 10.0 Å². The Labute approximate surface area is 160 Å². The van der Waals surface area contributed by atoms with E-state index in [-0.39, 0.29) is 15.7 Å². The van der Waals surface area contributed by atoms with Gasteiger partial charge >= 0.3 is 0 Å². The van der Waals surface area contributed by atoms with Crippen molar-refractivity contribution in [2.75, 3.05) is 4.72 Å². The lowest BCUT2D eigenvalue weighted by Gasteiger charge is -2.10. The molecule has 4 rings (SSSR count). The van der Waals surface area contributed by atoms with Crippen LogP contribution in [0.4, 0.5) is 5.69 Å². The van der Waals surface area contributed by atoms with E-state index in [4.69, 9.17) is 16.0 Å². The maximum Gasteiger partial charge on any atom is 0.261 e. The van der Waals surface area contributed by atoms with Crippen LogP contribution in [0, 0.1) is 6.92 Å². The molecule has 1 aromatic carbocycles. The molecule has 136 valence electrons. The lowest BCUT2D eigenvalue weighted by Crippen LogP contribution is -2.13. The third kappa shape index (κ3) is 3.39. The van der Waals surface area contributed by atoms with Crippen molar-refractivity contribution in [2.45, 2.75) is 11.8 Å². The lowest BCUT2D eigenvalue weighted by molar-refractivity contribution is 0.601. The number of furan rings is 1. The molecule has 0 atom stereocenters. The zero-order valence-corrected chi connectivity index (χ0v) is 15.8. The number of hydrogen-bond donors (Lipinski definition) is 1. The fraction of sp³-hybridized carbons (Fsp3) is 0.0526. The van der Waals surface area contributed by atoms with Crippen LogP contribution in [0.15, 0.2) is 70.4 Å². The Hall–Kier alpha value is -2.90. The van der Waals surface area contributed by atoms with E-state index in [1.807, 2.05) is 13.0 Å². The molecule has 0 bridgehead atoms. The molecule has 8 heteroatoms. The normalized spacial score (nSPS) is 11.6. The van der Waals surface area contributed by atoms with Crippen LogP contribution in [-0.2, 0) is 10.0 Å². The third-order valence-electron chi connectivity index (χ3n) is 4.01. The van der Waals surface area contributed by atoms with Crippen LogP contribution in [0.3, 0.4) is 0 Å². The fourth-order valence-corrected chi connectivity index (χ4v) is 4.00. The minimum atomic E-state index is -3.78. The van der Waals surface area contributed by atoms with Crippen molar-refractivity contribution in [3.05, 3.63) is 71.8 Å². The zero-order chi connectivity index (χ0) is 19.0. The van der Waals surface area contributed by atoms with Gasteiger partial charge < -0.3 is 4.42 Å². The number of rotatable bonds is 4. The Morgan fingerprint density at radius 2 is 1.85 bits per heavy atom. The molecule has 4 aromatic rings. The van der Waals surface area contributed by atoms with Gasteiger partial charge in [-0.3, -0.25) is 4.72 Å². The first-order valence-electron chi connectivity index (χ1n) is 8.02. The van der Waals surface area contributed by atoms with Gasteiger partial charge in [-0.25, -0.2) is 18.4 Å². The van der Waals surface area contributed by atoms with Crippen LogP contribution >= 0.6 is 11.6 Å². The van der Waals surface area contributed by atoms with Crippen LogP contribution in [0.25, 0.3) is 22.2 Å². The van der Waals surface area contributed by atoms with Gasteiger partial charge in [-0.05, 0) is 36.8 Å². The van der Waals surface area contributed by atoms with Crippen molar-refractivity contribution in [3.8, 4) is 11.1 Å². The molecule has 6 nitrogen and oxygen atoms in total. The standard InChI is InChI=1S/C19H14ClN3O3S/c1-12-7-15-16(11-26-19(15)22-9-12)13-8-17(18(20)21-10-13)23-27(24,25)14-5-3-2-4-6-14/h2-11,23H,1H3. The quantitative estimate of drug-likeness (QED) is 0.505. The van der Waals surface area contributed by atoms with E-state index in [1.54, 1.807) is 42.9 Å². The summed E-state index contributed by atoms with van der Waals surface area (Å²) in [7, 11) is -3.78. The number of anilines is 1. The van der Waals surface area contributed by atoms with E-state index in [0.29, 0.717) is 11.3 Å². The summed E-state index contributed by atoms with van der Waals surface area (Å²) in [6.45, 7) is 1.93. The number of fused-ring (bicyclic) bond motifs is 1. The summed E-state index contributed by atoms with van der Waals surface area (Å²) >= 11 is 6.12. The van der Waals surface area contributed by atoms with Crippen LogP contribution in [0.1, 0.15) is 5.56 Å². The van der Waals surface area contributed by atoms with E-state index < -0.39 is 10.0 Å². The van der Waals surface area contributed by atoms with Crippen molar-refractivity contribution >= 4 is 38.4 Å². The number of pyridine rings is 2. The molecule has 0 saturated carbocycles. The van der Waals surface area contributed by atoms with Crippen LogP contribution in [0.5, 0.6) is 0 Å². The number of hydrogen-bond acceptors (Lipinski definition) is 5. The molecule has 0 spiro atoms. The molecule has 0 aliphatic carbocycles. The van der Waals surface area contributed by atoms with Crippen LogP contribution in [-0.4, -0.2) is 18.4 Å². The number of benzene rings is 1. The number of nitrogens with one attached hydrogen (secondary N) is 1. The lowest BCUT2D eigenvalue weighted by atomic mass is 10.1. The van der Waals surface area contributed by atoms with Crippen LogP contribution in [0.2, 0.25) is 5.15 Å². The molecule has 3 heterocycles. The van der Waals surface area contributed by atoms with E-state index in [2.05, 4.69) is 14.7 Å². The molecule has 3 aromatic heterocycles. The Bertz CT molecular complexity index is 1240. The first-order valence-corrected chi connectivity index (χ1v) is 9.88. The monoisotopic (exact) mass is 399 g/mol. The van der Waals surface area contributed by atoms with Crippen molar-refractivity contribution in [1.29, 1.82) is 0 Å². The molecule has 0 radical (unpaired) electrons. The Morgan fingerprint density at radius 3 is 2.63 bits per heavy atom. The predicted molar refractivity (Wildman–Crippen MR) is 104 cm³/mol. The predicted octanol–water partition coefficient (Wildman–Crippen LogP) is 4.65. The number of aromatic nitrogens is 2.